The van der Waals surface area contributed by atoms with Crippen molar-refractivity contribution in [2.45, 2.75) is 0 Å². The number of nitrogens with zero attached hydrogens (tertiary/aromatic N) is 3. The lowest BCUT2D eigenvalue weighted by Crippen LogP contribution is -2.34. The number of amides is 1. The lowest BCUT2D eigenvalue weighted by molar-refractivity contribution is -0.127. The van der Waals surface area contributed by atoms with Crippen LogP contribution in [0.5, 0.6) is 0 Å². The maximum absolute atomic E-state index is 11.6. The number of hydrogen-bond donors (Lipinski definition) is 1. The van der Waals surface area contributed by atoms with E-state index in [1.54, 1.807) is 19.0 Å². The summed E-state index contributed by atoms with van der Waals surface area (Å²) in [6.45, 7) is 0.322. The molecule has 6 heteroatoms. The van der Waals surface area contributed by atoms with Gasteiger partial charge in [-0.05, 0) is 18.2 Å². The van der Waals surface area contributed by atoms with E-state index in [2.05, 4.69) is 4.98 Å². The Balaban J connectivity index is 2.23. The summed E-state index contributed by atoms with van der Waals surface area (Å²) in [7, 11) is 5.35. The Labute approximate surface area is 110 Å². The number of hydrogen-bond acceptors (Lipinski definition) is 5. The SMILES string of the molecule is CN(C)C(=O)CN(C)c1nc2ccc(N)cc2s1. The average molecular weight is 264 g/mol. The Morgan fingerprint density at radius 1 is 1.39 bits per heavy atom. The van der Waals surface area contributed by atoms with Crippen molar-refractivity contribution in [1.82, 2.24) is 9.88 Å². The van der Waals surface area contributed by atoms with E-state index in [0.29, 0.717) is 6.54 Å². The Kier molecular flexibility index (Phi) is 3.38. The molecule has 0 aliphatic rings. The molecule has 5 nitrogen and oxygen atoms in total. The molecule has 18 heavy (non-hydrogen) atoms. The number of benzene rings is 1. The second kappa shape index (κ2) is 4.81. The number of carbonyl (C=O) groups excluding carboxylic acids is 1. The van der Waals surface area contributed by atoms with Crippen molar-refractivity contribution >= 4 is 38.3 Å². The van der Waals surface area contributed by atoms with Crippen LogP contribution in [0.25, 0.3) is 10.2 Å². The van der Waals surface area contributed by atoms with Crippen LogP contribution in [-0.4, -0.2) is 43.5 Å². The molecule has 0 saturated carbocycles. The molecule has 1 amide bonds. The molecule has 0 spiro atoms. The highest BCUT2D eigenvalue weighted by molar-refractivity contribution is 7.22. The highest BCUT2D eigenvalue weighted by Gasteiger charge is 2.13. The number of carbonyl (C=O) groups is 1. The summed E-state index contributed by atoms with van der Waals surface area (Å²) in [6, 6.07) is 5.63. The summed E-state index contributed by atoms with van der Waals surface area (Å²) in [5.41, 5.74) is 7.37. The minimum absolute atomic E-state index is 0.0521. The third kappa shape index (κ3) is 2.53. The van der Waals surface area contributed by atoms with Crippen LogP contribution in [-0.2, 0) is 4.79 Å². The molecular weight excluding hydrogens is 248 g/mol. The second-order valence-electron chi connectivity index (χ2n) is 4.37. The molecule has 2 N–H and O–H groups in total. The standard InChI is InChI=1S/C12H16N4OS/c1-15(2)11(17)7-16(3)12-14-9-5-4-8(13)6-10(9)18-12/h4-6H,7,13H2,1-3H3. The van der Waals surface area contributed by atoms with Gasteiger partial charge in [-0.25, -0.2) is 4.98 Å². The minimum atomic E-state index is 0.0521. The zero-order valence-electron chi connectivity index (χ0n) is 10.7. The van der Waals surface area contributed by atoms with Crippen LogP contribution in [0.1, 0.15) is 0 Å². The molecular formula is C12H16N4OS. The van der Waals surface area contributed by atoms with Crippen molar-refractivity contribution in [2.24, 2.45) is 0 Å². The van der Waals surface area contributed by atoms with Crippen LogP contribution in [0.4, 0.5) is 10.8 Å². The van der Waals surface area contributed by atoms with E-state index in [-0.39, 0.29) is 5.91 Å². The van der Waals surface area contributed by atoms with E-state index in [0.717, 1.165) is 21.0 Å². The topological polar surface area (TPSA) is 62.5 Å². The largest absolute Gasteiger partial charge is 0.399 e. The van der Waals surface area contributed by atoms with E-state index in [1.165, 1.54) is 11.3 Å². The molecule has 2 aromatic rings. The molecule has 0 atom stereocenters. The number of likely N-dealkylation sites (N-methyl/N-ethyl adjacent to an activating group) is 2. The third-order valence-corrected chi connectivity index (χ3v) is 3.73. The molecule has 1 aromatic heterocycles. The van der Waals surface area contributed by atoms with Crippen LogP contribution >= 0.6 is 11.3 Å². The van der Waals surface area contributed by atoms with E-state index >= 15 is 0 Å². The van der Waals surface area contributed by atoms with Crippen LogP contribution in [0.2, 0.25) is 0 Å². The molecule has 0 aliphatic carbocycles. The number of rotatable bonds is 3. The Bertz CT molecular complexity index is 578. The fourth-order valence-electron chi connectivity index (χ4n) is 1.50. The first kappa shape index (κ1) is 12.6. The van der Waals surface area contributed by atoms with Gasteiger partial charge < -0.3 is 15.5 Å². The predicted molar refractivity (Wildman–Crippen MR) is 76.0 cm³/mol. The molecule has 1 heterocycles. The van der Waals surface area contributed by atoms with Crippen LogP contribution < -0.4 is 10.6 Å². The summed E-state index contributed by atoms with van der Waals surface area (Å²) < 4.78 is 1.04. The first-order chi connectivity index (χ1) is 8.47. The number of fused-ring (bicyclic) bond motifs is 1. The molecule has 0 radical (unpaired) electrons. The summed E-state index contributed by atoms with van der Waals surface area (Å²) in [5.74, 6) is 0.0521. The van der Waals surface area contributed by atoms with E-state index < -0.39 is 0 Å². The highest BCUT2D eigenvalue weighted by Crippen LogP contribution is 2.29. The molecule has 0 bridgehead atoms. The molecule has 0 unspecified atom stereocenters. The fraction of sp³-hybridized carbons (Fsp3) is 0.333. The summed E-state index contributed by atoms with van der Waals surface area (Å²) in [6.07, 6.45) is 0. The Morgan fingerprint density at radius 3 is 2.78 bits per heavy atom. The van der Waals surface area contributed by atoms with Gasteiger partial charge in [0, 0.05) is 26.8 Å². The van der Waals surface area contributed by atoms with Gasteiger partial charge in [-0.15, -0.1) is 0 Å². The first-order valence-corrected chi connectivity index (χ1v) is 6.36. The molecule has 1 aromatic carbocycles. The van der Waals surface area contributed by atoms with Crippen molar-refractivity contribution in [3.05, 3.63) is 18.2 Å². The number of thiazole rings is 1. The zero-order chi connectivity index (χ0) is 13.3. The number of anilines is 2. The summed E-state index contributed by atoms with van der Waals surface area (Å²) >= 11 is 1.54. The Morgan fingerprint density at radius 2 is 2.11 bits per heavy atom. The van der Waals surface area contributed by atoms with Gasteiger partial charge in [-0.1, -0.05) is 11.3 Å². The quantitative estimate of drug-likeness (QED) is 0.851. The van der Waals surface area contributed by atoms with Gasteiger partial charge in [0.1, 0.15) is 0 Å². The summed E-state index contributed by atoms with van der Waals surface area (Å²) in [4.78, 5) is 19.5. The normalized spacial score (nSPS) is 10.6. The monoisotopic (exact) mass is 264 g/mol. The highest BCUT2D eigenvalue weighted by atomic mass is 32.1. The molecule has 0 fully saturated rings. The lowest BCUT2D eigenvalue weighted by atomic mass is 10.3. The van der Waals surface area contributed by atoms with E-state index in [4.69, 9.17) is 5.73 Å². The van der Waals surface area contributed by atoms with Gasteiger partial charge in [0.25, 0.3) is 0 Å². The van der Waals surface area contributed by atoms with Crippen LogP contribution in [0, 0.1) is 0 Å². The van der Waals surface area contributed by atoms with Gasteiger partial charge in [0.05, 0.1) is 16.8 Å². The zero-order valence-corrected chi connectivity index (χ0v) is 11.5. The third-order valence-electron chi connectivity index (χ3n) is 2.60. The van der Waals surface area contributed by atoms with Gasteiger partial charge in [-0.2, -0.15) is 0 Å². The van der Waals surface area contributed by atoms with Crippen molar-refractivity contribution in [3.8, 4) is 0 Å². The van der Waals surface area contributed by atoms with Gasteiger partial charge in [0.2, 0.25) is 5.91 Å². The fourth-order valence-corrected chi connectivity index (χ4v) is 2.48. The second-order valence-corrected chi connectivity index (χ2v) is 5.38. The molecule has 0 saturated heterocycles. The first-order valence-electron chi connectivity index (χ1n) is 5.54. The van der Waals surface area contributed by atoms with E-state index in [1.807, 2.05) is 30.1 Å². The van der Waals surface area contributed by atoms with Crippen molar-refractivity contribution in [2.75, 3.05) is 38.3 Å². The maximum Gasteiger partial charge on any atom is 0.241 e. The van der Waals surface area contributed by atoms with Crippen LogP contribution in [0.15, 0.2) is 18.2 Å². The number of aromatic nitrogens is 1. The number of nitrogen functional groups attached to an aromatic ring is 1. The predicted octanol–water partition coefficient (Wildman–Crippen LogP) is 1.40. The minimum Gasteiger partial charge on any atom is -0.399 e. The van der Waals surface area contributed by atoms with Gasteiger partial charge in [-0.3, -0.25) is 4.79 Å². The molecule has 96 valence electrons. The van der Waals surface area contributed by atoms with Crippen molar-refractivity contribution < 1.29 is 4.79 Å². The average Bonchev–Trinajstić information content (AvgIpc) is 2.71. The number of nitrogens with two attached hydrogens (primary N) is 1. The van der Waals surface area contributed by atoms with Crippen LogP contribution in [0.3, 0.4) is 0 Å². The summed E-state index contributed by atoms with van der Waals surface area (Å²) in [5, 5.41) is 0.825. The Hall–Kier alpha value is -1.82. The smallest absolute Gasteiger partial charge is 0.241 e. The molecule has 0 aliphatic heterocycles. The van der Waals surface area contributed by atoms with Crippen molar-refractivity contribution in [1.29, 1.82) is 0 Å². The molecule has 2 rings (SSSR count). The van der Waals surface area contributed by atoms with Gasteiger partial charge in [0.15, 0.2) is 5.13 Å². The van der Waals surface area contributed by atoms with Crippen molar-refractivity contribution in [3.63, 3.8) is 0 Å². The van der Waals surface area contributed by atoms with Gasteiger partial charge >= 0.3 is 0 Å². The lowest BCUT2D eigenvalue weighted by Gasteiger charge is -2.17. The maximum atomic E-state index is 11.6. The van der Waals surface area contributed by atoms with E-state index in [9.17, 15) is 4.79 Å².